The largest absolute Gasteiger partial charge is 0.431 e. The summed E-state index contributed by atoms with van der Waals surface area (Å²) in [5, 5.41) is 0.133. The first-order valence-electron chi connectivity index (χ1n) is 2.91. The average Bonchev–Trinajstić information content (AvgIpc) is 2.11. The van der Waals surface area contributed by atoms with E-state index in [0.29, 0.717) is 5.76 Å². The number of hydrogen-bond acceptors (Lipinski definition) is 3. The minimum atomic E-state index is -0.500. The Balaban J connectivity index is 2.96. The van der Waals surface area contributed by atoms with Crippen molar-refractivity contribution in [3.05, 3.63) is 17.3 Å². The molecule has 0 aliphatic heterocycles. The minimum absolute atomic E-state index is 0.133. The standard InChI is InChI=1S/C6H9ClN2O/c1-6(2,8)4-3-9-5(7)10-4/h3H,8H2,1-2H3. The molecule has 0 saturated heterocycles. The van der Waals surface area contributed by atoms with Crippen molar-refractivity contribution in [2.24, 2.45) is 5.73 Å². The summed E-state index contributed by atoms with van der Waals surface area (Å²) in [5.41, 5.74) is 5.18. The first kappa shape index (κ1) is 7.57. The summed E-state index contributed by atoms with van der Waals surface area (Å²) in [6.45, 7) is 3.65. The van der Waals surface area contributed by atoms with E-state index in [0.717, 1.165) is 0 Å². The predicted molar refractivity (Wildman–Crippen MR) is 38.7 cm³/mol. The lowest BCUT2D eigenvalue weighted by Gasteiger charge is -2.12. The fourth-order valence-electron chi connectivity index (χ4n) is 0.551. The molecule has 0 aliphatic rings. The second kappa shape index (κ2) is 2.25. The lowest BCUT2D eigenvalue weighted by Crippen LogP contribution is -2.27. The zero-order valence-corrected chi connectivity index (χ0v) is 6.64. The van der Waals surface area contributed by atoms with E-state index in [2.05, 4.69) is 4.98 Å². The number of rotatable bonds is 1. The molecule has 1 aromatic heterocycles. The summed E-state index contributed by atoms with van der Waals surface area (Å²) in [6, 6.07) is 0. The molecule has 0 saturated carbocycles. The summed E-state index contributed by atoms with van der Waals surface area (Å²) in [4.78, 5) is 3.70. The zero-order valence-electron chi connectivity index (χ0n) is 5.89. The van der Waals surface area contributed by atoms with Crippen LogP contribution in [0, 0.1) is 0 Å². The van der Waals surface area contributed by atoms with Gasteiger partial charge in [-0.05, 0) is 25.4 Å². The molecule has 0 amide bonds. The molecule has 2 N–H and O–H groups in total. The summed E-state index contributed by atoms with van der Waals surface area (Å²) >= 11 is 5.43. The van der Waals surface area contributed by atoms with Crippen LogP contribution in [0.5, 0.6) is 0 Å². The van der Waals surface area contributed by atoms with Crippen LogP contribution >= 0.6 is 11.6 Å². The molecule has 10 heavy (non-hydrogen) atoms. The summed E-state index contributed by atoms with van der Waals surface area (Å²) in [6.07, 6.45) is 1.53. The second-order valence-corrected chi connectivity index (χ2v) is 3.02. The summed E-state index contributed by atoms with van der Waals surface area (Å²) in [7, 11) is 0. The third-order valence-corrected chi connectivity index (χ3v) is 1.29. The first-order chi connectivity index (χ1) is 4.50. The normalized spacial score (nSPS) is 12.0. The molecule has 0 unspecified atom stereocenters. The Kier molecular flexibility index (Phi) is 1.70. The smallest absolute Gasteiger partial charge is 0.292 e. The van der Waals surface area contributed by atoms with E-state index in [4.69, 9.17) is 21.8 Å². The SMILES string of the molecule is CC(C)(N)c1cnc(Cl)o1. The molecule has 1 aromatic rings. The van der Waals surface area contributed by atoms with Gasteiger partial charge in [-0.15, -0.1) is 0 Å². The Bertz CT molecular complexity index is 226. The number of nitrogens with zero attached hydrogens (tertiary/aromatic N) is 1. The maximum Gasteiger partial charge on any atom is 0.292 e. The van der Waals surface area contributed by atoms with Crippen LogP contribution in [0.4, 0.5) is 0 Å². The summed E-state index contributed by atoms with van der Waals surface area (Å²) < 4.78 is 4.98. The van der Waals surface area contributed by atoms with Gasteiger partial charge in [0.15, 0.2) is 0 Å². The molecule has 56 valence electrons. The zero-order chi connectivity index (χ0) is 7.78. The van der Waals surface area contributed by atoms with Gasteiger partial charge in [0, 0.05) is 0 Å². The van der Waals surface area contributed by atoms with Crippen molar-refractivity contribution in [3.63, 3.8) is 0 Å². The molecule has 1 rings (SSSR count). The van der Waals surface area contributed by atoms with Crippen molar-refractivity contribution in [1.82, 2.24) is 4.98 Å². The van der Waals surface area contributed by atoms with E-state index >= 15 is 0 Å². The van der Waals surface area contributed by atoms with Gasteiger partial charge in [-0.1, -0.05) is 0 Å². The quantitative estimate of drug-likeness (QED) is 0.678. The van der Waals surface area contributed by atoms with Crippen LogP contribution in [0.25, 0.3) is 0 Å². The summed E-state index contributed by atoms with van der Waals surface area (Å²) in [5.74, 6) is 0.595. The lowest BCUT2D eigenvalue weighted by molar-refractivity contribution is 0.394. The molecule has 0 aliphatic carbocycles. The number of nitrogens with two attached hydrogens (primary N) is 1. The van der Waals surface area contributed by atoms with Gasteiger partial charge in [-0.2, -0.15) is 0 Å². The highest BCUT2D eigenvalue weighted by Crippen LogP contribution is 2.19. The van der Waals surface area contributed by atoms with Crippen LogP contribution in [0.1, 0.15) is 19.6 Å². The van der Waals surface area contributed by atoms with Gasteiger partial charge < -0.3 is 10.2 Å². The van der Waals surface area contributed by atoms with E-state index in [1.165, 1.54) is 6.20 Å². The van der Waals surface area contributed by atoms with Crippen LogP contribution in [0.2, 0.25) is 5.35 Å². The van der Waals surface area contributed by atoms with Gasteiger partial charge in [0.1, 0.15) is 5.76 Å². The van der Waals surface area contributed by atoms with Crippen LogP contribution in [-0.2, 0) is 5.54 Å². The highest BCUT2D eigenvalue weighted by molar-refractivity contribution is 6.27. The Hall–Kier alpha value is -0.540. The van der Waals surface area contributed by atoms with Crippen molar-refractivity contribution in [1.29, 1.82) is 0 Å². The fourth-order valence-corrected chi connectivity index (χ4v) is 0.683. The van der Waals surface area contributed by atoms with Crippen LogP contribution in [0.15, 0.2) is 10.6 Å². The van der Waals surface area contributed by atoms with E-state index < -0.39 is 5.54 Å². The Morgan fingerprint density at radius 2 is 2.30 bits per heavy atom. The molecule has 0 spiro atoms. The molecule has 0 radical (unpaired) electrons. The number of oxazole rings is 1. The van der Waals surface area contributed by atoms with Gasteiger partial charge in [0.05, 0.1) is 11.7 Å². The first-order valence-corrected chi connectivity index (χ1v) is 3.28. The average molecular weight is 161 g/mol. The molecule has 1 heterocycles. The van der Waals surface area contributed by atoms with Crippen LogP contribution < -0.4 is 5.73 Å². The number of hydrogen-bond donors (Lipinski definition) is 1. The number of halogens is 1. The van der Waals surface area contributed by atoms with Gasteiger partial charge in [0.2, 0.25) is 0 Å². The van der Waals surface area contributed by atoms with Crippen molar-refractivity contribution < 1.29 is 4.42 Å². The lowest BCUT2D eigenvalue weighted by atomic mass is 10.1. The second-order valence-electron chi connectivity index (χ2n) is 2.70. The number of aromatic nitrogens is 1. The van der Waals surface area contributed by atoms with Crippen LogP contribution in [-0.4, -0.2) is 4.98 Å². The van der Waals surface area contributed by atoms with Crippen molar-refractivity contribution in [2.45, 2.75) is 19.4 Å². The molecule has 4 heteroatoms. The highest BCUT2D eigenvalue weighted by atomic mass is 35.5. The van der Waals surface area contributed by atoms with E-state index in [1.807, 2.05) is 13.8 Å². The monoisotopic (exact) mass is 160 g/mol. The Labute approximate surface area is 64.2 Å². The van der Waals surface area contributed by atoms with Gasteiger partial charge in [0.25, 0.3) is 5.35 Å². The van der Waals surface area contributed by atoms with Crippen molar-refractivity contribution in [2.75, 3.05) is 0 Å². The molecule has 0 aromatic carbocycles. The van der Waals surface area contributed by atoms with E-state index in [1.54, 1.807) is 0 Å². The molecule has 0 bridgehead atoms. The third kappa shape index (κ3) is 1.49. The van der Waals surface area contributed by atoms with Crippen molar-refractivity contribution >= 4 is 11.6 Å². The topological polar surface area (TPSA) is 52.0 Å². The molecule has 0 atom stereocenters. The van der Waals surface area contributed by atoms with E-state index in [-0.39, 0.29) is 5.35 Å². The van der Waals surface area contributed by atoms with Gasteiger partial charge in [-0.3, -0.25) is 0 Å². The fraction of sp³-hybridized carbons (Fsp3) is 0.500. The molecular formula is C6H9ClN2O. The Morgan fingerprint density at radius 1 is 1.70 bits per heavy atom. The maximum absolute atomic E-state index is 5.68. The van der Waals surface area contributed by atoms with Crippen molar-refractivity contribution in [3.8, 4) is 0 Å². The molecule has 3 nitrogen and oxygen atoms in total. The predicted octanol–water partition coefficient (Wildman–Crippen LogP) is 1.52. The third-order valence-electron chi connectivity index (χ3n) is 1.11. The minimum Gasteiger partial charge on any atom is -0.431 e. The highest BCUT2D eigenvalue weighted by Gasteiger charge is 2.18. The molecular weight excluding hydrogens is 152 g/mol. The van der Waals surface area contributed by atoms with Gasteiger partial charge in [-0.25, -0.2) is 4.98 Å². The molecule has 0 fully saturated rings. The Morgan fingerprint density at radius 3 is 2.50 bits per heavy atom. The van der Waals surface area contributed by atoms with E-state index in [9.17, 15) is 0 Å². The van der Waals surface area contributed by atoms with Crippen LogP contribution in [0.3, 0.4) is 0 Å². The maximum atomic E-state index is 5.68. The van der Waals surface area contributed by atoms with Gasteiger partial charge >= 0.3 is 0 Å².